The first kappa shape index (κ1) is 29.8. The van der Waals surface area contributed by atoms with Gasteiger partial charge < -0.3 is 4.90 Å². The Balaban J connectivity index is 1.79. The Labute approximate surface area is 248 Å². The molecule has 3 aromatic rings. The van der Waals surface area contributed by atoms with Crippen molar-refractivity contribution in [3.63, 3.8) is 0 Å². The van der Waals surface area contributed by atoms with E-state index in [1.807, 2.05) is 0 Å². The second-order valence-corrected chi connectivity index (χ2v) is 10.5. The third kappa shape index (κ3) is 7.52. The number of aryl methyl sites for hydroxylation is 2. The zero-order chi connectivity index (χ0) is 29.2. The molecule has 0 N–H and O–H groups in total. The molecule has 3 aromatic carbocycles. The highest BCUT2D eigenvalue weighted by atomic mass is 15.1. The Bertz CT molecular complexity index is 1410. The van der Waals surface area contributed by atoms with Gasteiger partial charge in [-0.3, -0.25) is 0 Å². The molecule has 0 saturated carbocycles. The maximum absolute atomic E-state index is 2.39. The quantitative estimate of drug-likeness (QED) is 0.183. The van der Waals surface area contributed by atoms with Crippen LogP contribution in [-0.2, 0) is 0 Å². The second kappa shape index (κ2) is 14.5. The topological polar surface area (TPSA) is 6.25 Å². The number of hydrogen-bond donors (Lipinski definition) is 0. The van der Waals surface area contributed by atoms with E-state index in [0.717, 1.165) is 26.2 Å². The molecule has 4 rings (SSSR count). The van der Waals surface area contributed by atoms with Crippen molar-refractivity contribution in [2.75, 3.05) is 31.1 Å². The van der Waals surface area contributed by atoms with Gasteiger partial charge in [-0.1, -0.05) is 90.0 Å². The second-order valence-electron chi connectivity index (χ2n) is 10.5. The van der Waals surface area contributed by atoms with Gasteiger partial charge in [0.2, 0.25) is 0 Å². The molecule has 0 spiro atoms. The minimum atomic E-state index is 1.00. The molecule has 0 aromatic heterocycles. The Morgan fingerprint density at radius 3 is 1.59 bits per heavy atom. The van der Waals surface area contributed by atoms with E-state index in [1.165, 1.54) is 55.9 Å². The molecule has 0 unspecified atom stereocenters. The van der Waals surface area contributed by atoms with Gasteiger partial charge in [0.05, 0.1) is 0 Å². The van der Waals surface area contributed by atoms with Crippen molar-refractivity contribution < 1.29 is 4.58 Å². The highest BCUT2D eigenvalue weighted by molar-refractivity contribution is 6.03. The summed E-state index contributed by atoms with van der Waals surface area (Å²) in [6.07, 6.45) is 15.7. The number of benzene rings is 3. The standard InChI is InChI=1S/C39H45N2/c1-7-40(8-2)36-26-22-34(23-27-36)39(35-24-28-37(29-25-35)41(9-3)10-4)13-11-12-38(32-18-14-30(5)15-19-32)33-20-16-31(6)17-21-33/h11-29H,7-10H2,1-6H3/q+1. The Morgan fingerprint density at radius 2 is 1.12 bits per heavy atom. The van der Waals surface area contributed by atoms with Gasteiger partial charge in [0.1, 0.15) is 13.1 Å². The summed E-state index contributed by atoms with van der Waals surface area (Å²) in [6, 6.07) is 26.7. The highest BCUT2D eigenvalue weighted by Crippen LogP contribution is 2.28. The molecule has 0 saturated heterocycles. The van der Waals surface area contributed by atoms with E-state index in [2.05, 4.69) is 166 Å². The highest BCUT2D eigenvalue weighted by Gasteiger charge is 2.12. The number of hydrogen-bond acceptors (Lipinski definition) is 1. The molecule has 41 heavy (non-hydrogen) atoms. The number of rotatable bonds is 10. The van der Waals surface area contributed by atoms with Gasteiger partial charge in [-0.15, -0.1) is 0 Å². The molecule has 2 heteroatoms. The fourth-order valence-electron chi connectivity index (χ4n) is 5.31. The molecule has 0 amide bonds. The third-order valence-corrected chi connectivity index (χ3v) is 7.86. The lowest BCUT2D eigenvalue weighted by Gasteiger charge is -2.21. The molecule has 1 aliphatic rings. The van der Waals surface area contributed by atoms with Crippen LogP contribution in [0.15, 0.2) is 121 Å². The van der Waals surface area contributed by atoms with Gasteiger partial charge in [-0.25, -0.2) is 4.58 Å². The maximum atomic E-state index is 2.39. The predicted molar refractivity (Wildman–Crippen MR) is 180 cm³/mol. The van der Waals surface area contributed by atoms with Crippen LogP contribution >= 0.6 is 0 Å². The molecular formula is C39H45N2+. The Kier molecular flexibility index (Phi) is 10.5. The normalized spacial score (nSPS) is 12.6. The first-order valence-corrected chi connectivity index (χ1v) is 15.1. The Morgan fingerprint density at radius 1 is 0.634 bits per heavy atom. The third-order valence-electron chi connectivity index (χ3n) is 7.86. The average molecular weight is 542 g/mol. The van der Waals surface area contributed by atoms with Crippen LogP contribution in [-0.4, -0.2) is 36.5 Å². The van der Waals surface area contributed by atoms with Crippen molar-refractivity contribution in [2.45, 2.75) is 41.5 Å². The predicted octanol–water partition coefficient (Wildman–Crippen LogP) is 9.21. The van der Waals surface area contributed by atoms with Crippen molar-refractivity contribution >= 4 is 22.5 Å². The number of nitrogens with zero attached hydrogens (tertiary/aromatic N) is 2. The average Bonchev–Trinajstić information content (AvgIpc) is 3.01. The van der Waals surface area contributed by atoms with E-state index in [9.17, 15) is 0 Å². The summed E-state index contributed by atoms with van der Waals surface area (Å²) in [5.74, 6) is 0. The lowest BCUT2D eigenvalue weighted by molar-refractivity contribution is -0.519. The van der Waals surface area contributed by atoms with E-state index >= 15 is 0 Å². The van der Waals surface area contributed by atoms with Crippen LogP contribution < -0.4 is 4.90 Å². The van der Waals surface area contributed by atoms with Crippen LogP contribution in [0.25, 0.3) is 11.1 Å². The van der Waals surface area contributed by atoms with E-state index in [-0.39, 0.29) is 0 Å². The SMILES string of the molecule is CCN(CC)c1ccc(C(C=CC=C(c2ccc(C)cc2)c2ccc(C)cc2)=C2C=CC(=[N+](CC)CC)C=C2)cc1. The van der Waals surface area contributed by atoms with Crippen LogP contribution in [0.1, 0.15) is 55.5 Å². The molecule has 0 aliphatic heterocycles. The van der Waals surface area contributed by atoms with E-state index in [0.29, 0.717) is 0 Å². The Hall–Kier alpha value is -4.17. The molecule has 0 atom stereocenters. The van der Waals surface area contributed by atoms with Crippen molar-refractivity contribution in [3.8, 4) is 0 Å². The summed E-state index contributed by atoms with van der Waals surface area (Å²) < 4.78 is 2.39. The monoisotopic (exact) mass is 541 g/mol. The molecule has 0 bridgehead atoms. The van der Waals surface area contributed by atoms with E-state index in [1.54, 1.807) is 0 Å². The van der Waals surface area contributed by atoms with Crippen LogP contribution in [0.2, 0.25) is 0 Å². The smallest absolute Gasteiger partial charge is 0.199 e. The van der Waals surface area contributed by atoms with Crippen molar-refractivity contribution in [1.82, 2.24) is 0 Å². The number of allylic oxidation sites excluding steroid dienone is 9. The zero-order valence-corrected chi connectivity index (χ0v) is 25.7. The summed E-state index contributed by atoms with van der Waals surface area (Å²) in [4.78, 5) is 2.39. The van der Waals surface area contributed by atoms with Crippen LogP contribution in [0.4, 0.5) is 5.69 Å². The van der Waals surface area contributed by atoms with Gasteiger partial charge >= 0.3 is 0 Å². The molecule has 0 fully saturated rings. The summed E-state index contributed by atoms with van der Waals surface area (Å²) >= 11 is 0. The van der Waals surface area contributed by atoms with Gasteiger partial charge in [0, 0.05) is 30.9 Å². The molecule has 0 heterocycles. The van der Waals surface area contributed by atoms with Crippen molar-refractivity contribution in [3.05, 3.63) is 149 Å². The fourth-order valence-corrected chi connectivity index (χ4v) is 5.31. The van der Waals surface area contributed by atoms with Gasteiger partial charge in [0.25, 0.3) is 0 Å². The van der Waals surface area contributed by atoms with Crippen LogP contribution in [0.5, 0.6) is 0 Å². The molecule has 0 radical (unpaired) electrons. The van der Waals surface area contributed by atoms with Gasteiger partial charge in [-0.2, -0.15) is 0 Å². The summed E-state index contributed by atoms with van der Waals surface area (Å²) in [7, 11) is 0. The first-order chi connectivity index (χ1) is 20.0. The maximum Gasteiger partial charge on any atom is 0.199 e. The van der Waals surface area contributed by atoms with Gasteiger partial charge in [0.15, 0.2) is 5.71 Å². The van der Waals surface area contributed by atoms with E-state index < -0.39 is 0 Å². The summed E-state index contributed by atoms with van der Waals surface area (Å²) in [6.45, 7) is 17.1. The fraction of sp³-hybridized carbons (Fsp3) is 0.256. The first-order valence-electron chi connectivity index (χ1n) is 15.1. The zero-order valence-electron chi connectivity index (χ0n) is 25.7. The van der Waals surface area contributed by atoms with Crippen molar-refractivity contribution in [1.29, 1.82) is 0 Å². The largest absolute Gasteiger partial charge is 0.372 e. The molecular weight excluding hydrogens is 496 g/mol. The lowest BCUT2D eigenvalue weighted by atomic mass is 9.94. The molecule has 210 valence electrons. The van der Waals surface area contributed by atoms with Crippen molar-refractivity contribution in [2.24, 2.45) is 0 Å². The van der Waals surface area contributed by atoms with E-state index in [4.69, 9.17) is 0 Å². The molecule has 1 aliphatic carbocycles. The van der Waals surface area contributed by atoms with Crippen LogP contribution in [0.3, 0.4) is 0 Å². The number of anilines is 1. The summed E-state index contributed by atoms with van der Waals surface area (Å²) in [5, 5.41) is 0. The lowest BCUT2D eigenvalue weighted by Crippen LogP contribution is -2.21. The minimum Gasteiger partial charge on any atom is -0.372 e. The van der Waals surface area contributed by atoms with Crippen LogP contribution in [0, 0.1) is 13.8 Å². The summed E-state index contributed by atoms with van der Waals surface area (Å²) in [5.41, 5.74) is 12.4. The minimum absolute atomic E-state index is 1.00. The molecule has 2 nitrogen and oxygen atoms in total. The van der Waals surface area contributed by atoms with Gasteiger partial charge in [-0.05, 0) is 99.2 Å².